The number of hydrogen-bond acceptors (Lipinski definition) is 3. The van der Waals surface area contributed by atoms with Crippen LogP contribution in [0.3, 0.4) is 0 Å². The van der Waals surface area contributed by atoms with Crippen LogP contribution in [0.4, 0.5) is 5.69 Å². The molecular weight excluding hydrogens is 408 g/mol. The predicted octanol–water partition coefficient (Wildman–Crippen LogP) is 4.49. The minimum absolute atomic E-state index is 0.146. The van der Waals surface area contributed by atoms with Crippen LogP contribution in [-0.2, 0) is 22.9 Å². The fourth-order valence-electron chi connectivity index (χ4n) is 3.96. The summed E-state index contributed by atoms with van der Waals surface area (Å²) in [4.78, 5) is 13.1. The molecule has 1 aliphatic carbocycles. The zero-order chi connectivity index (χ0) is 22.0. The predicted molar refractivity (Wildman–Crippen MR) is 123 cm³/mol. The minimum atomic E-state index is -3.70. The lowest BCUT2D eigenvalue weighted by molar-refractivity contribution is 0.0940. The average Bonchev–Trinajstić information content (AvgIpc) is 3.27. The van der Waals surface area contributed by atoms with Crippen molar-refractivity contribution in [3.05, 3.63) is 95.1 Å². The number of nitrogens with one attached hydrogen (secondary N) is 1. The zero-order valence-electron chi connectivity index (χ0n) is 17.7. The molecule has 31 heavy (non-hydrogen) atoms. The molecule has 5 nitrogen and oxygen atoms in total. The third-order valence-electron chi connectivity index (χ3n) is 5.84. The van der Waals surface area contributed by atoms with Gasteiger partial charge in [0.25, 0.3) is 15.9 Å². The maximum Gasteiger partial charge on any atom is 0.264 e. The number of sulfonamides is 1. The molecule has 3 aromatic rings. The Kier molecular flexibility index (Phi) is 5.83. The van der Waals surface area contributed by atoms with Crippen molar-refractivity contribution in [2.45, 2.75) is 37.1 Å². The summed E-state index contributed by atoms with van der Waals surface area (Å²) in [5, 5.41) is 3.03. The molecule has 1 aliphatic rings. The summed E-state index contributed by atoms with van der Waals surface area (Å²) in [6.45, 7) is 1.96. The summed E-state index contributed by atoms with van der Waals surface area (Å²) < 4.78 is 27.0. The molecule has 0 radical (unpaired) electrons. The first-order chi connectivity index (χ1) is 14.9. The minimum Gasteiger partial charge on any atom is -0.346 e. The summed E-state index contributed by atoms with van der Waals surface area (Å²) >= 11 is 0. The molecule has 6 heteroatoms. The maximum absolute atomic E-state index is 12.9. The van der Waals surface area contributed by atoms with E-state index in [2.05, 4.69) is 23.5 Å². The highest BCUT2D eigenvalue weighted by Gasteiger charge is 2.22. The number of hydrogen-bond donors (Lipinski definition) is 1. The van der Waals surface area contributed by atoms with Gasteiger partial charge in [0.2, 0.25) is 0 Å². The quantitative estimate of drug-likeness (QED) is 0.622. The Labute approximate surface area is 183 Å². The van der Waals surface area contributed by atoms with Gasteiger partial charge in [-0.05, 0) is 73.2 Å². The Morgan fingerprint density at radius 3 is 2.45 bits per heavy atom. The Balaban J connectivity index is 1.52. The first-order valence-corrected chi connectivity index (χ1v) is 11.9. The van der Waals surface area contributed by atoms with Crippen LogP contribution in [0, 0.1) is 0 Å². The second kappa shape index (κ2) is 8.55. The zero-order valence-corrected chi connectivity index (χ0v) is 18.5. The highest BCUT2D eigenvalue weighted by Crippen LogP contribution is 2.26. The van der Waals surface area contributed by atoms with Crippen LogP contribution >= 0.6 is 0 Å². The molecule has 0 aliphatic heterocycles. The van der Waals surface area contributed by atoms with Gasteiger partial charge in [0.05, 0.1) is 16.6 Å². The van der Waals surface area contributed by atoms with Crippen molar-refractivity contribution in [3.8, 4) is 0 Å². The second-order valence-electron chi connectivity index (χ2n) is 7.91. The third-order valence-corrected chi connectivity index (χ3v) is 7.64. The molecule has 3 aromatic carbocycles. The van der Waals surface area contributed by atoms with E-state index in [1.165, 1.54) is 28.9 Å². The number of benzene rings is 3. The number of anilines is 1. The number of carbonyl (C=O) groups excluding carboxylic acids is 1. The fourth-order valence-corrected chi connectivity index (χ4v) is 5.17. The molecule has 0 saturated carbocycles. The van der Waals surface area contributed by atoms with Crippen molar-refractivity contribution >= 4 is 21.6 Å². The van der Waals surface area contributed by atoms with Crippen LogP contribution in [0.15, 0.2) is 77.7 Å². The Bertz CT molecular complexity index is 1210. The van der Waals surface area contributed by atoms with Crippen LogP contribution in [-0.4, -0.2) is 21.4 Å². The maximum atomic E-state index is 12.9. The number of rotatable bonds is 6. The first kappa shape index (κ1) is 21.1. The number of fused-ring (bicyclic) bond motifs is 1. The highest BCUT2D eigenvalue weighted by molar-refractivity contribution is 7.92. The van der Waals surface area contributed by atoms with E-state index in [1.807, 2.05) is 6.92 Å². The van der Waals surface area contributed by atoms with Gasteiger partial charge in [-0.2, -0.15) is 0 Å². The monoisotopic (exact) mass is 434 g/mol. The van der Waals surface area contributed by atoms with Crippen molar-refractivity contribution in [1.29, 1.82) is 0 Å². The second-order valence-corrected chi connectivity index (χ2v) is 9.88. The average molecular weight is 435 g/mol. The van der Waals surface area contributed by atoms with Crippen molar-refractivity contribution in [3.63, 3.8) is 0 Å². The van der Waals surface area contributed by atoms with Crippen LogP contribution < -0.4 is 9.62 Å². The van der Waals surface area contributed by atoms with Gasteiger partial charge in [-0.1, -0.05) is 42.5 Å². The van der Waals surface area contributed by atoms with E-state index >= 15 is 0 Å². The van der Waals surface area contributed by atoms with Gasteiger partial charge in [0.1, 0.15) is 0 Å². The molecule has 0 fully saturated rings. The normalized spacial score (nSPS) is 14.0. The van der Waals surface area contributed by atoms with Gasteiger partial charge in [-0.25, -0.2) is 8.42 Å². The topological polar surface area (TPSA) is 66.5 Å². The summed E-state index contributed by atoms with van der Waals surface area (Å²) in [6.07, 6.45) is 3.41. The number of aryl methyl sites for hydroxylation is 2. The molecule has 0 heterocycles. The van der Waals surface area contributed by atoms with E-state index < -0.39 is 10.0 Å². The Hall–Kier alpha value is -3.12. The van der Waals surface area contributed by atoms with E-state index in [1.54, 1.807) is 54.6 Å². The molecule has 0 spiro atoms. The van der Waals surface area contributed by atoms with Gasteiger partial charge >= 0.3 is 0 Å². The molecule has 1 atom stereocenters. The lowest BCUT2D eigenvalue weighted by Gasteiger charge is -2.20. The van der Waals surface area contributed by atoms with Crippen LogP contribution in [0.25, 0.3) is 0 Å². The Morgan fingerprint density at radius 1 is 0.935 bits per heavy atom. The molecular formula is C25H26N2O3S. The molecule has 160 valence electrons. The molecule has 0 saturated heterocycles. The molecule has 1 amide bonds. The van der Waals surface area contributed by atoms with Gasteiger partial charge < -0.3 is 5.32 Å². The van der Waals surface area contributed by atoms with E-state index in [4.69, 9.17) is 0 Å². The highest BCUT2D eigenvalue weighted by atomic mass is 32.2. The smallest absolute Gasteiger partial charge is 0.264 e. The standard InChI is InChI=1S/C25H26N2O3S/c1-18(20-15-14-19-8-6-9-21(19)16-20)26-25(28)22-10-7-11-23(17-22)27(2)31(29,30)24-12-4-3-5-13-24/h3-5,7,10-18H,6,8-9H2,1-2H3,(H,26,28)/t18-/m0/s1. The summed E-state index contributed by atoms with van der Waals surface area (Å²) in [6, 6.07) is 21.2. The molecule has 4 rings (SSSR count). The van der Waals surface area contributed by atoms with Crippen molar-refractivity contribution in [1.82, 2.24) is 5.32 Å². The first-order valence-electron chi connectivity index (χ1n) is 10.4. The van der Waals surface area contributed by atoms with Crippen LogP contribution in [0.1, 0.15) is 46.4 Å². The Morgan fingerprint density at radius 2 is 1.68 bits per heavy atom. The number of carbonyl (C=O) groups is 1. The van der Waals surface area contributed by atoms with Gasteiger partial charge in [0, 0.05) is 12.6 Å². The van der Waals surface area contributed by atoms with Crippen LogP contribution in [0.5, 0.6) is 0 Å². The third kappa shape index (κ3) is 4.35. The SMILES string of the molecule is C[C@H](NC(=O)c1cccc(N(C)S(=O)(=O)c2ccccc2)c1)c1ccc2c(c1)CCC2. The molecule has 0 unspecified atom stereocenters. The number of nitrogens with zero attached hydrogens (tertiary/aromatic N) is 1. The van der Waals surface area contributed by atoms with Crippen molar-refractivity contribution in [2.75, 3.05) is 11.4 Å². The summed E-state index contributed by atoms with van der Waals surface area (Å²) in [7, 11) is -2.21. The van der Waals surface area contributed by atoms with Crippen molar-refractivity contribution < 1.29 is 13.2 Å². The summed E-state index contributed by atoms with van der Waals surface area (Å²) in [5.74, 6) is -0.236. The lowest BCUT2D eigenvalue weighted by atomic mass is 10.0. The van der Waals surface area contributed by atoms with E-state index in [0.29, 0.717) is 11.3 Å². The number of amides is 1. The van der Waals surface area contributed by atoms with Crippen LogP contribution in [0.2, 0.25) is 0 Å². The van der Waals surface area contributed by atoms with Crippen molar-refractivity contribution in [2.24, 2.45) is 0 Å². The fraction of sp³-hybridized carbons (Fsp3) is 0.240. The molecule has 0 aromatic heterocycles. The van der Waals surface area contributed by atoms with E-state index in [-0.39, 0.29) is 16.8 Å². The summed E-state index contributed by atoms with van der Waals surface area (Å²) in [5.41, 5.74) is 4.70. The molecule has 0 bridgehead atoms. The largest absolute Gasteiger partial charge is 0.346 e. The lowest BCUT2D eigenvalue weighted by Crippen LogP contribution is -2.28. The van der Waals surface area contributed by atoms with E-state index in [9.17, 15) is 13.2 Å². The molecule has 1 N–H and O–H groups in total. The van der Waals surface area contributed by atoms with E-state index in [0.717, 1.165) is 18.4 Å². The van der Waals surface area contributed by atoms with Gasteiger partial charge in [0.15, 0.2) is 0 Å². The van der Waals surface area contributed by atoms with Gasteiger partial charge in [-0.3, -0.25) is 9.10 Å². The van der Waals surface area contributed by atoms with Gasteiger partial charge in [-0.15, -0.1) is 0 Å².